The van der Waals surface area contributed by atoms with Crippen molar-refractivity contribution in [2.75, 3.05) is 0 Å². The summed E-state index contributed by atoms with van der Waals surface area (Å²) in [7, 11) is 0. The van der Waals surface area contributed by atoms with Crippen LogP contribution in [0.25, 0.3) is 0 Å². The van der Waals surface area contributed by atoms with E-state index in [0.29, 0.717) is 28.7 Å². The van der Waals surface area contributed by atoms with Crippen molar-refractivity contribution >= 4 is 0 Å². The molecule has 0 radical (unpaired) electrons. The molecule has 29 heavy (non-hydrogen) atoms. The molecule has 1 aliphatic rings. The highest BCUT2D eigenvalue weighted by atomic mass is 19.1. The third-order valence-corrected chi connectivity index (χ3v) is 4.67. The van der Waals surface area contributed by atoms with Crippen molar-refractivity contribution in [1.29, 1.82) is 0 Å². The fourth-order valence-electron chi connectivity index (χ4n) is 2.89. The van der Waals surface area contributed by atoms with E-state index in [9.17, 15) is 9.18 Å². The Morgan fingerprint density at radius 3 is 2.72 bits per heavy atom. The van der Waals surface area contributed by atoms with E-state index in [1.807, 2.05) is 0 Å². The Hall–Kier alpha value is -3.46. The van der Waals surface area contributed by atoms with Crippen molar-refractivity contribution in [3.05, 3.63) is 87.6 Å². The van der Waals surface area contributed by atoms with Crippen LogP contribution < -0.4 is 10.3 Å². The number of aromatic nitrogens is 3. The molecule has 2 aromatic heterocycles. The molecule has 4 rings (SSSR count). The van der Waals surface area contributed by atoms with Gasteiger partial charge in [0.25, 0.3) is 5.56 Å². The van der Waals surface area contributed by atoms with Crippen LogP contribution in [0.15, 0.2) is 53.6 Å². The molecule has 2 heterocycles. The number of hydrogen-bond acceptors (Lipinski definition) is 4. The van der Waals surface area contributed by atoms with Crippen molar-refractivity contribution in [3.63, 3.8) is 0 Å². The number of benzene rings is 1. The quantitative estimate of drug-likeness (QED) is 0.627. The lowest BCUT2D eigenvalue weighted by Crippen LogP contribution is -2.23. The molecular formula is C23H20FN3O2. The van der Waals surface area contributed by atoms with Gasteiger partial charge >= 0.3 is 0 Å². The smallest absolute Gasteiger partial charge is 0.254 e. The number of aryl methyl sites for hydroxylation is 1. The number of pyridine rings is 1. The zero-order valence-electron chi connectivity index (χ0n) is 16.1. The highest BCUT2D eigenvalue weighted by Gasteiger charge is 2.17. The lowest BCUT2D eigenvalue weighted by Gasteiger charge is -2.13. The van der Waals surface area contributed by atoms with Gasteiger partial charge in [0.05, 0.1) is 6.54 Å². The number of nitrogens with zero attached hydrogens (tertiary/aromatic N) is 3. The van der Waals surface area contributed by atoms with Crippen LogP contribution in [0.1, 0.15) is 35.5 Å². The van der Waals surface area contributed by atoms with Crippen molar-refractivity contribution in [2.24, 2.45) is 5.92 Å². The summed E-state index contributed by atoms with van der Waals surface area (Å²) in [4.78, 5) is 20.8. The molecule has 0 saturated heterocycles. The molecule has 6 heteroatoms. The van der Waals surface area contributed by atoms with Crippen LogP contribution >= 0.6 is 0 Å². The molecule has 0 N–H and O–H groups in total. The van der Waals surface area contributed by atoms with Gasteiger partial charge in [0.15, 0.2) is 5.82 Å². The molecule has 1 aliphatic carbocycles. The van der Waals surface area contributed by atoms with Gasteiger partial charge < -0.3 is 9.30 Å². The normalized spacial score (nSPS) is 12.9. The van der Waals surface area contributed by atoms with Gasteiger partial charge in [0.1, 0.15) is 18.2 Å². The summed E-state index contributed by atoms with van der Waals surface area (Å²) in [6.45, 7) is 2.10. The summed E-state index contributed by atoms with van der Waals surface area (Å²) in [5.74, 6) is 7.35. The van der Waals surface area contributed by atoms with Gasteiger partial charge in [0, 0.05) is 41.2 Å². The zero-order chi connectivity index (χ0) is 20.2. The first-order chi connectivity index (χ1) is 14.1. The predicted molar refractivity (Wildman–Crippen MR) is 107 cm³/mol. The van der Waals surface area contributed by atoms with Gasteiger partial charge in [-0.05, 0) is 50.1 Å². The SMILES string of the molecule is Cc1cc(OCc2ncccn2)cc(=O)n1Cc1cc(C#CC2CC2)ccc1F. The number of rotatable bonds is 5. The molecule has 0 unspecified atom stereocenters. The Labute approximate surface area is 168 Å². The third-order valence-electron chi connectivity index (χ3n) is 4.67. The van der Waals surface area contributed by atoms with Gasteiger partial charge in [0.2, 0.25) is 0 Å². The second-order valence-electron chi connectivity index (χ2n) is 7.06. The number of ether oxygens (including phenoxy) is 1. The van der Waals surface area contributed by atoms with Crippen LogP contribution in [0, 0.1) is 30.5 Å². The molecule has 146 valence electrons. The van der Waals surface area contributed by atoms with E-state index in [1.54, 1.807) is 43.6 Å². The molecule has 0 atom stereocenters. The second-order valence-corrected chi connectivity index (χ2v) is 7.06. The largest absolute Gasteiger partial charge is 0.485 e. The van der Waals surface area contributed by atoms with Crippen LogP contribution in [-0.2, 0) is 13.2 Å². The Morgan fingerprint density at radius 2 is 2.00 bits per heavy atom. The molecule has 0 bridgehead atoms. The van der Waals surface area contributed by atoms with Gasteiger partial charge in [-0.25, -0.2) is 14.4 Å². The van der Waals surface area contributed by atoms with E-state index in [1.165, 1.54) is 16.7 Å². The molecule has 3 aromatic rings. The van der Waals surface area contributed by atoms with Crippen LogP contribution in [0.3, 0.4) is 0 Å². The van der Waals surface area contributed by atoms with E-state index in [4.69, 9.17) is 4.74 Å². The maximum Gasteiger partial charge on any atom is 0.254 e. The van der Waals surface area contributed by atoms with Crippen molar-refractivity contribution in [3.8, 4) is 17.6 Å². The standard InChI is InChI=1S/C23H20FN3O2/c1-16-11-20(29-15-22-25-9-2-10-26-22)13-23(28)27(16)14-19-12-18(7-8-21(19)24)6-5-17-3-4-17/h2,7-13,17H,3-4,14-15H2,1H3. The maximum absolute atomic E-state index is 14.3. The monoisotopic (exact) mass is 389 g/mol. The predicted octanol–water partition coefficient (Wildman–Crippen LogP) is 3.47. The lowest BCUT2D eigenvalue weighted by atomic mass is 10.1. The fourth-order valence-corrected chi connectivity index (χ4v) is 2.89. The van der Waals surface area contributed by atoms with Gasteiger partial charge in [-0.2, -0.15) is 0 Å². The van der Waals surface area contributed by atoms with Gasteiger partial charge in [-0.15, -0.1) is 0 Å². The molecule has 1 aromatic carbocycles. The Bertz CT molecular complexity index is 1140. The first-order valence-electron chi connectivity index (χ1n) is 9.48. The van der Waals surface area contributed by atoms with Crippen LogP contribution in [0.2, 0.25) is 0 Å². The Balaban J connectivity index is 1.52. The van der Waals surface area contributed by atoms with Crippen molar-refractivity contribution in [1.82, 2.24) is 14.5 Å². The van der Waals surface area contributed by atoms with Crippen molar-refractivity contribution < 1.29 is 9.13 Å². The topological polar surface area (TPSA) is 57.0 Å². The average Bonchev–Trinajstić information content (AvgIpc) is 3.55. The molecule has 0 spiro atoms. The van der Waals surface area contributed by atoms with Crippen molar-refractivity contribution in [2.45, 2.75) is 32.9 Å². The molecule has 0 amide bonds. The van der Waals surface area contributed by atoms with Crippen LogP contribution in [0.4, 0.5) is 4.39 Å². The zero-order valence-corrected chi connectivity index (χ0v) is 16.1. The third kappa shape index (κ3) is 4.88. The Morgan fingerprint density at radius 1 is 1.21 bits per heavy atom. The number of halogens is 1. The van der Waals surface area contributed by atoms with E-state index in [2.05, 4.69) is 21.8 Å². The maximum atomic E-state index is 14.3. The summed E-state index contributed by atoms with van der Waals surface area (Å²) < 4.78 is 21.5. The Kier molecular flexibility index (Phi) is 5.39. The highest BCUT2D eigenvalue weighted by Crippen LogP contribution is 2.27. The van der Waals surface area contributed by atoms with Crippen LogP contribution in [-0.4, -0.2) is 14.5 Å². The van der Waals surface area contributed by atoms with E-state index in [-0.39, 0.29) is 24.5 Å². The minimum absolute atomic E-state index is 0.136. The number of hydrogen-bond donors (Lipinski definition) is 0. The lowest BCUT2D eigenvalue weighted by molar-refractivity contribution is 0.294. The minimum Gasteiger partial charge on any atom is -0.485 e. The molecule has 0 aliphatic heterocycles. The van der Waals surface area contributed by atoms with E-state index in [0.717, 1.165) is 18.4 Å². The van der Waals surface area contributed by atoms with Gasteiger partial charge in [-0.3, -0.25) is 4.79 Å². The summed E-state index contributed by atoms with van der Waals surface area (Å²) in [5, 5.41) is 0. The van der Waals surface area contributed by atoms with E-state index >= 15 is 0 Å². The molecule has 5 nitrogen and oxygen atoms in total. The summed E-state index contributed by atoms with van der Waals surface area (Å²) >= 11 is 0. The van der Waals surface area contributed by atoms with E-state index < -0.39 is 0 Å². The average molecular weight is 389 g/mol. The highest BCUT2D eigenvalue weighted by molar-refractivity contribution is 5.39. The first kappa shape index (κ1) is 18.9. The van der Waals surface area contributed by atoms with Crippen LogP contribution in [0.5, 0.6) is 5.75 Å². The van der Waals surface area contributed by atoms with Gasteiger partial charge in [-0.1, -0.05) is 11.8 Å². The summed E-state index contributed by atoms with van der Waals surface area (Å²) in [5.41, 5.74) is 1.61. The molecule has 1 saturated carbocycles. The first-order valence-corrected chi connectivity index (χ1v) is 9.48. The minimum atomic E-state index is -0.352. The molecular weight excluding hydrogens is 369 g/mol. The summed E-state index contributed by atoms with van der Waals surface area (Å²) in [6, 6.07) is 9.66. The second kappa shape index (κ2) is 8.27. The fraction of sp³-hybridized carbons (Fsp3) is 0.261. The summed E-state index contributed by atoms with van der Waals surface area (Å²) in [6.07, 6.45) is 5.54. The molecule has 1 fully saturated rings.